The first-order chi connectivity index (χ1) is 8.77. The Kier molecular flexibility index (Phi) is 15.2. The van der Waals surface area contributed by atoms with E-state index in [-0.39, 0.29) is 31.4 Å². The summed E-state index contributed by atoms with van der Waals surface area (Å²) in [5.74, 6) is 0.729. The normalized spacial score (nSPS) is 9.55. The SMILES string of the molecule is CCOc1ccc(CNCCNCCO)cc1Cl.Cl.Cl. The molecule has 0 saturated heterocycles. The molecule has 1 rings (SSSR count). The number of hydrogen-bond acceptors (Lipinski definition) is 4. The molecule has 0 aliphatic carbocycles. The molecule has 0 spiro atoms. The number of hydrogen-bond donors (Lipinski definition) is 3. The average molecular weight is 346 g/mol. The molecule has 0 fully saturated rings. The van der Waals surface area contributed by atoms with Gasteiger partial charge in [0.2, 0.25) is 0 Å². The molecular weight excluding hydrogens is 323 g/mol. The molecule has 3 N–H and O–H groups in total. The molecule has 0 heterocycles. The second kappa shape index (κ2) is 13.7. The molecule has 1 aromatic rings. The third-order valence-corrected chi connectivity index (χ3v) is 2.69. The zero-order valence-electron chi connectivity index (χ0n) is 11.5. The highest BCUT2D eigenvalue weighted by molar-refractivity contribution is 6.32. The summed E-state index contributed by atoms with van der Waals surface area (Å²) in [6, 6.07) is 5.82. The smallest absolute Gasteiger partial charge is 0.137 e. The standard InChI is InChI=1S/C13H21ClN2O2.2ClH/c1-2-18-13-4-3-11(9-12(13)14)10-16-6-5-15-7-8-17;;/h3-4,9,15-17H,2,5-8,10H2,1H3;2*1H. The Balaban J connectivity index is 0. The highest BCUT2D eigenvalue weighted by Crippen LogP contribution is 2.25. The number of benzene rings is 1. The third-order valence-electron chi connectivity index (χ3n) is 2.39. The highest BCUT2D eigenvalue weighted by atomic mass is 35.5. The molecule has 0 radical (unpaired) electrons. The predicted molar refractivity (Wildman–Crippen MR) is 88.8 cm³/mol. The van der Waals surface area contributed by atoms with Crippen LogP contribution in [0.15, 0.2) is 18.2 Å². The lowest BCUT2D eigenvalue weighted by Crippen LogP contribution is -2.28. The van der Waals surface area contributed by atoms with Crippen molar-refractivity contribution in [3.05, 3.63) is 28.8 Å². The van der Waals surface area contributed by atoms with E-state index < -0.39 is 0 Å². The van der Waals surface area contributed by atoms with E-state index in [0.717, 1.165) is 30.9 Å². The molecule has 0 aliphatic rings. The van der Waals surface area contributed by atoms with Gasteiger partial charge >= 0.3 is 0 Å². The summed E-state index contributed by atoms with van der Waals surface area (Å²) in [7, 11) is 0. The van der Waals surface area contributed by atoms with Gasteiger partial charge in [-0.1, -0.05) is 17.7 Å². The van der Waals surface area contributed by atoms with Gasteiger partial charge < -0.3 is 20.5 Å². The van der Waals surface area contributed by atoms with Gasteiger partial charge in [-0.2, -0.15) is 0 Å². The van der Waals surface area contributed by atoms with E-state index in [9.17, 15) is 0 Å². The van der Waals surface area contributed by atoms with Crippen molar-refractivity contribution in [1.82, 2.24) is 10.6 Å². The first-order valence-corrected chi connectivity index (χ1v) is 6.59. The maximum absolute atomic E-state index is 8.59. The number of aliphatic hydroxyl groups is 1. The van der Waals surface area contributed by atoms with Crippen LogP contribution < -0.4 is 15.4 Å². The number of ether oxygens (including phenoxy) is 1. The van der Waals surface area contributed by atoms with E-state index in [1.165, 1.54) is 0 Å². The van der Waals surface area contributed by atoms with Crippen LogP contribution in [0.5, 0.6) is 5.75 Å². The van der Waals surface area contributed by atoms with Crippen molar-refractivity contribution >= 4 is 36.4 Å². The lowest BCUT2D eigenvalue weighted by Gasteiger charge is -2.09. The zero-order valence-corrected chi connectivity index (χ0v) is 13.9. The summed E-state index contributed by atoms with van der Waals surface area (Å²) in [5.41, 5.74) is 1.13. The molecule has 0 unspecified atom stereocenters. The van der Waals surface area contributed by atoms with E-state index >= 15 is 0 Å². The Morgan fingerprint density at radius 2 is 1.85 bits per heavy atom. The molecule has 118 valence electrons. The summed E-state index contributed by atoms with van der Waals surface area (Å²) in [6.45, 7) is 5.83. The second-order valence-electron chi connectivity index (χ2n) is 3.85. The van der Waals surface area contributed by atoms with E-state index in [1.807, 2.05) is 25.1 Å². The Bertz CT molecular complexity index is 354. The number of halogens is 3. The third kappa shape index (κ3) is 8.84. The molecule has 4 nitrogen and oxygen atoms in total. The van der Waals surface area contributed by atoms with Crippen molar-refractivity contribution in [2.24, 2.45) is 0 Å². The maximum Gasteiger partial charge on any atom is 0.137 e. The van der Waals surface area contributed by atoms with Gasteiger partial charge in [-0.25, -0.2) is 0 Å². The van der Waals surface area contributed by atoms with Gasteiger partial charge in [0, 0.05) is 26.2 Å². The molecule has 0 aliphatic heterocycles. The van der Waals surface area contributed by atoms with Gasteiger partial charge in [-0.3, -0.25) is 0 Å². The molecule has 0 aromatic heterocycles. The first-order valence-electron chi connectivity index (χ1n) is 6.21. The van der Waals surface area contributed by atoms with Gasteiger partial charge in [-0.05, 0) is 24.6 Å². The molecule has 20 heavy (non-hydrogen) atoms. The molecule has 0 bridgehead atoms. The highest BCUT2D eigenvalue weighted by Gasteiger charge is 2.02. The minimum atomic E-state index is 0. The first kappa shape index (κ1) is 22.1. The van der Waals surface area contributed by atoms with Crippen LogP contribution in [-0.2, 0) is 6.54 Å². The van der Waals surface area contributed by atoms with Crippen molar-refractivity contribution in [3.8, 4) is 5.75 Å². The van der Waals surface area contributed by atoms with E-state index in [2.05, 4.69) is 10.6 Å². The molecular formula is C13H23Cl3N2O2. The lowest BCUT2D eigenvalue weighted by atomic mass is 10.2. The van der Waals surface area contributed by atoms with E-state index in [1.54, 1.807) is 0 Å². The lowest BCUT2D eigenvalue weighted by molar-refractivity contribution is 0.292. The van der Waals surface area contributed by atoms with Crippen LogP contribution in [0.4, 0.5) is 0 Å². The molecule has 1 aromatic carbocycles. The second-order valence-corrected chi connectivity index (χ2v) is 4.26. The van der Waals surface area contributed by atoms with Gasteiger partial charge in [0.1, 0.15) is 5.75 Å². The fourth-order valence-electron chi connectivity index (χ4n) is 1.54. The van der Waals surface area contributed by atoms with Crippen molar-refractivity contribution in [2.45, 2.75) is 13.5 Å². The minimum absolute atomic E-state index is 0. The van der Waals surface area contributed by atoms with Gasteiger partial charge in [-0.15, -0.1) is 24.8 Å². The zero-order chi connectivity index (χ0) is 13.2. The fourth-order valence-corrected chi connectivity index (χ4v) is 1.80. The minimum Gasteiger partial charge on any atom is -0.492 e. The average Bonchev–Trinajstić information content (AvgIpc) is 2.37. The van der Waals surface area contributed by atoms with Crippen molar-refractivity contribution < 1.29 is 9.84 Å². The van der Waals surface area contributed by atoms with Crippen LogP contribution in [-0.4, -0.2) is 38.0 Å². The summed E-state index contributed by atoms with van der Waals surface area (Å²) in [6.07, 6.45) is 0. The van der Waals surface area contributed by atoms with Crippen LogP contribution in [0.3, 0.4) is 0 Å². The molecule has 0 saturated carbocycles. The Labute approximate surface area is 138 Å². The Morgan fingerprint density at radius 1 is 1.15 bits per heavy atom. The van der Waals surface area contributed by atoms with Crippen LogP contribution in [0.1, 0.15) is 12.5 Å². The van der Waals surface area contributed by atoms with Gasteiger partial charge in [0.05, 0.1) is 18.2 Å². The van der Waals surface area contributed by atoms with Crippen molar-refractivity contribution in [3.63, 3.8) is 0 Å². The van der Waals surface area contributed by atoms with E-state index in [0.29, 0.717) is 18.2 Å². The maximum atomic E-state index is 8.59. The van der Waals surface area contributed by atoms with Crippen LogP contribution in [0.25, 0.3) is 0 Å². The quantitative estimate of drug-likeness (QED) is 0.601. The monoisotopic (exact) mass is 344 g/mol. The largest absolute Gasteiger partial charge is 0.492 e. The Hall–Kier alpha value is -0.230. The Morgan fingerprint density at radius 3 is 2.45 bits per heavy atom. The summed E-state index contributed by atoms with van der Waals surface area (Å²) in [4.78, 5) is 0. The predicted octanol–water partition coefficient (Wildman–Crippen LogP) is 2.25. The molecule has 7 heteroatoms. The molecule has 0 atom stereocenters. The van der Waals surface area contributed by atoms with Crippen LogP contribution >= 0.6 is 36.4 Å². The number of nitrogens with one attached hydrogen (secondary N) is 2. The number of rotatable bonds is 9. The number of aliphatic hydroxyl groups excluding tert-OH is 1. The molecule has 0 amide bonds. The summed E-state index contributed by atoms with van der Waals surface area (Å²) < 4.78 is 5.38. The van der Waals surface area contributed by atoms with Crippen LogP contribution in [0, 0.1) is 0 Å². The summed E-state index contributed by atoms with van der Waals surface area (Å²) >= 11 is 6.10. The van der Waals surface area contributed by atoms with Gasteiger partial charge in [0.25, 0.3) is 0 Å². The fraction of sp³-hybridized carbons (Fsp3) is 0.538. The van der Waals surface area contributed by atoms with Crippen molar-refractivity contribution in [1.29, 1.82) is 0 Å². The van der Waals surface area contributed by atoms with E-state index in [4.69, 9.17) is 21.4 Å². The van der Waals surface area contributed by atoms with Gasteiger partial charge in [0.15, 0.2) is 0 Å². The van der Waals surface area contributed by atoms with Crippen molar-refractivity contribution in [2.75, 3.05) is 32.8 Å². The van der Waals surface area contributed by atoms with Crippen LogP contribution in [0.2, 0.25) is 5.02 Å². The topological polar surface area (TPSA) is 53.5 Å². The summed E-state index contributed by atoms with van der Waals surface area (Å²) in [5, 5.41) is 15.6.